The molecule has 0 aromatic heterocycles. The van der Waals surface area contributed by atoms with Crippen LogP contribution in [0.1, 0.15) is 6.92 Å². The Balaban J connectivity index is 2.18. The van der Waals surface area contributed by atoms with E-state index in [9.17, 15) is 17.2 Å². The Labute approximate surface area is 148 Å². The van der Waals surface area contributed by atoms with E-state index in [0.29, 0.717) is 12.6 Å². The average molecular weight is 419 g/mol. The first-order valence-corrected chi connectivity index (χ1v) is 9.38. The number of rotatable bonds is 6. The summed E-state index contributed by atoms with van der Waals surface area (Å²) < 4.78 is 53.4. The van der Waals surface area contributed by atoms with Crippen molar-refractivity contribution < 1.29 is 17.2 Å². The summed E-state index contributed by atoms with van der Waals surface area (Å²) in [6.45, 7) is 2.04. The van der Waals surface area contributed by atoms with Gasteiger partial charge in [-0.05, 0) is 41.1 Å². The lowest BCUT2D eigenvalue weighted by atomic mass is 10.3. The predicted molar refractivity (Wildman–Crippen MR) is 93.4 cm³/mol. The van der Waals surface area contributed by atoms with Crippen LogP contribution in [0.2, 0.25) is 0 Å². The molecule has 0 fully saturated rings. The summed E-state index contributed by atoms with van der Waals surface area (Å²) in [4.78, 5) is -0.565. The second-order valence-electron chi connectivity index (χ2n) is 5.31. The lowest BCUT2D eigenvalue weighted by molar-refractivity contribution is 0.397. The Kier molecular flexibility index (Phi) is 5.95. The number of hydrogen-bond donors (Lipinski definition) is 1. The standard InChI is InChI=1S/C16H17BrF2N2O2S/c1-11(10-20-12-6-4-3-5-7-12)21(2)24(22,23)16-8-13(17)14(18)9-15(16)19/h3-9,11,20H,10H2,1-2H3. The minimum atomic E-state index is -4.09. The van der Waals surface area contributed by atoms with Gasteiger partial charge in [-0.1, -0.05) is 18.2 Å². The Hall–Kier alpha value is -1.51. The van der Waals surface area contributed by atoms with Gasteiger partial charge in [-0.15, -0.1) is 0 Å². The highest BCUT2D eigenvalue weighted by atomic mass is 79.9. The van der Waals surface area contributed by atoms with Crippen molar-refractivity contribution in [3.63, 3.8) is 0 Å². The molecule has 4 nitrogen and oxygen atoms in total. The molecule has 0 saturated heterocycles. The smallest absolute Gasteiger partial charge is 0.246 e. The molecule has 8 heteroatoms. The van der Waals surface area contributed by atoms with Crippen LogP contribution in [-0.2, 0) is 10.0 Å². The molecule has 0 saturated carbocycles. The molecule has 1 atom stereocenters. The summed E-state index contributed by atoms with van der Waals surface area (Å²) in [5.41, 5.74) is 0.853. The molecule has 0 aliphatic heterocycles. The predicted octanol–water partition coefficient (Wildman–Crippen LogP) is 3.85. The molecule has 24 heavy (non-hydrogen) atoms. The van der Waals surface area contributed by atoms with Crippen molar-refractivity contribution in [1.29, 1.82) is 0 Å². The zero-order valence-electron chi connectivity index (χ0n) is 13.1. The van der Waals surface area contributed by atoms with Gasteiger partial charge < -0.3 is 5.32 Å². The van der Waals surface area contributed by atoms with Gasteiger partial charge in [0, 0.05) is 31.4 Å². The Bertz CT molecular complexity index is 816. The summed E-state index contributed by atoms with van der Waals surface area (Å²) >= 11 is 2.88. The lowest BCUT2D eigenvalue weighted by Crippen LogP contribution is -2.39. The molecule has 2 aromatic rings. The Morgan fingerprint density at radius 2 is 1.79 bits per heavy atom. The maximum atomic E-state index is 13.9. The third kappa shape index (κ3) is 4.12. The van der Waals surface area contributed by atoms with Gasteiger partial charge in [0.05, 0.1) is 4.47 Å². The Morgan fingerprint density at radius 1 is 1.17 bits per heavy atom. The van der Waals surface area contributed by atoms with Crippen molar-refractivity contribution in [1.82, 2.24) is 4.31 Å². The van der Waals surface area contributed by atoms with Gasteiger partial charge in [-0.25, -0.2) is 17.2 Å². The zero-order valence-corrected chi connectivity index (χ0v) is 15.5. The van der Waals surface area contributed by atoms with Gasteiger partial charge in [0.2, 0.25) is 10.0 Å². The molecule has 0 aliphatic rings. The molecule has 0 aliphatic carbocycles. The molecule has 0 heterocycles. The normalized spacial score (nSPS) is 13.1. The van der Waals surface area contributed by atoms with Gasteiger partial charge in [0.1, 0.15) is 16.5 Å². The summed E-state index contributed by atoms with van der Waals surface area (Å²) in [6, 6.07) is 10.4. The number of halogens is 3. The maximum absolute atomic E-state index is 13.9. The summed E-state index contributed by atoms with van der Waals surface area (Å²) in [5, 5.41) is 3.11. The van der Waals surface area contributed by atoms with E-state index in [2.05, 4.69) is 21.2 Å². The van der Waals surface area contributed by atoms with Gasteiger partial charge in [0.15, 0.2) is 0 Å². The van der Waals surface area contributed by atoms with Crippen molar-refractivity contribution in [2.75, 3.05) is 18.9 Å². The molecule has 2 rings (SSSR count). The minimum absolute atomic E-state index is 0.106. The van der Waals surface area contributed by atoms with Crippen LogP contribution in [0.25, 0.3) is 0 Å². The second kappa shape index (κ2) is 7.58. The molecule has 0 bridgehead atoms. The third-order valence-corrected chi connectivity index (χ3v) is 6.22. The van der Waals surface area contributed by atoms with E-state index in [0.717, 1.165) is 16.1 Å². The number of nitrogens with zero attached hydrogens (tertiary/aromatic N) is 1. The van der Waals surface area contributed by atoms with Crippen LogP contribution in [0.4, 0.5) is 14.5 Å². The van der Waals surface area contributed by atoms with E-state index in [-0.39, 0.29) is 4.47 Å². The molecular formula is C16H17BrF2N2O2S. The molecule has 2 aromatic carbocycles. The summed E-state index contributed by atoms with van der Waals surface area (Å²) in [7, 11) is -2.73. The summed E-state index contributed by atoms with van der Waals surface area (Å²) in [6.07, 6.45) is 0. The van der Waals surface area contributed by atoms with E-state index in [1.807, 2.05) is 30.3 Å². The number of benzene rings is 2. The molecule has 0 amide bonds. The van der Waals surface area contributed by atoms with Crippen LogP contribution < -0.4 is 5.32 Å². The fourth-order valence-electron chi connectivity index (χ4n) is 2.04. The van der Waals surface area contributed by atoms with Crippen molar-refractivity contribution in [3.05, 3.63) is 58.6 Å². The average Bonchev–Trinajstić information content (AvgIpc) is 2.56. The number of sulfonamides is 1. The van der Waals surface area contributed by atoms with Crippen molar-refractivity contribution in [3.8, 4) is 0 Å². The molecule has 0 spiro atoms. The van der Waals surface area contributed by atoms with Crippen LogP contribution in [-0.4, -0.2) is 32.4 Å². The largest absolute Gasteiger partial charge is 0.383 e. The molecule has 0 radical (unpaired) electrons. The van der Waals surface area contributed by atoms with E-state index >= 15 is 0 Å². The lowest BCUT2D eigenvalue weighted by Gasteiger charge is -2.25. The van der Waals surface area contributed by atoms with Crippen LogP contribution in [0, 0.1) is 11.6 Å². The molecule has 130 valence electrons. The SMILES string of the molecule is CC(CNc1ccccc1)N(C)S(=O)(=O)c1cc(Br)c(F)cc1F. The number of para-hydroxylation sites is 1. The highest BCUT2D eigenvalue weighted by molar-refractivity contribution is 9.10. The van der Waals surface area contributed by atoms with Gasteiger partial charge in [0.25, 0.3) is 0 Å². The van der Waals surface area contributed by atoms with E-state index < -0.39 is 32.6 Å². The van der Waals surface area contributed by atoms with Gasteiger partial charge in [-0.2, -0.15) is 4.31 Å². The maximum Gasteiger partial charge on any atom is 0.246 e. The highest BCUT2D eigenvalue weighted by Gasteiger charge is 2.29. The molecular weight excluding hydrogens is 402 g/mol. The minimum Gasteiger partial charge on any atom is -0.383 e. The number of likely N-dealkylation sites (N-methyl/N-ethyl adjacent to an activating group) is 1. The van der Waals surface area contributed by atoms with Gasteiger partial charge in [-0.3, -0.25) is 0 Å². The third-order valence-electron chi connectivity index (χ3n) is 3.63. The van der Waals surface area contributed by atoms with Crippen LogP contribution >= 0.6 is 15.9 Å². The quantitative estimate of drug-likeness (QED) is 0.724. The van der Waals surface area contributed by atoms with Crippen molar-refractivity contribution >= 4 is 31.6 Å². The second-order valence-corrected chi connectivity index (χ2v) is 8.13. The van der Waals surface area contributed by atoms with Crippen molar-refractivity contribution in [2.24, 2.45) is 0 Å². The topological polar surface area (TPSA) is 49.4 Å². The first kappa shape index (κ1) is 18.8. The van der Waals surface area contributed by atoms with Crippen LogP contribution in [0.3, 0.4) is 0 Å². The van der Waals surface area contributed by atoms with Gasteiger partial charge >= 0.3 is 0 Å². The van der Waals surface area contributed by atoms with E-state index in [1.54, 1.807) is 6.92 Å². The fourth-order valence-corrected chi connectivity index (χ4v) is 3.97. The van der Waals surface area contributed by atoms with Crippen LogP contribution in [0.15, 0.2) is 51.8 Å². The highest BCUT2D eigenvalue weighted by Crippen LogP contribution is 2.26. The number of hydrogen-bond acceptors (Lipinski definition) is 3. The summed E-state index contributed by atoms with van der Waals surface area (Å²) in [5.74, 6) is -1.97. The van der Waals surface area contributed by atoms with Crippen LogP contribution in [0.5, 0.6) is 0 Å². The zero-order chi connectivity index (χ0) is 17.9. The fraction of sp³-hybridized carbons (Fsp3) is 0.250. The van der Waals surface area contributed by atoms with E-state index in [4.69, 9.17) is 0 Å². The molecule has 1 unspecified atom stereocenters. The number of anilines is 1. The molecule has 1 N–H and O–H groups in total. The first-order chi connectivity index (χ1) is 11.2. The first-order valence-electron chi connectivity index (χ1n) is 7.15. The van der Waals surface area contributed by atoms with E-state index in [1.165, 1.54) is 7.05 Å². The van der Waals surface area contributed by atoms with Crippen molar-refractivity contribution in [2.45, 2.75) is 17.9 Å². The monoisotopic (exact) mass is 418 g/mol. The Morgan fingerprint density at radius 3 is 2.42 bits per heavy atom. The number of nitrogens with one attached hydrogen (secondary N) is 1.